The molecule has 32 heavy (non-hydrogen) atoms. The molecule has 172 valence electrons. The van der Waals surface area contributed by atoms with E-state index < -0.39 is 5.60 Å². The number of amides is 1. The molecule has 4 rings (SSSR count). The second kappa shape index (κ2) is 10.2. The zero-order valence-electron chi connectivity index (χ0n) is 19.4. The Bertz CT molecular complexity index is 825. The second-order valence-electron chi connectivity index (χ2n) is 9.77. The van der Waals surface area contributed by atoms with Gasteiger partial charge in [0.25, 0.3) is 0 Å². The molecule has 5 heteroatoms. The molecule has 0 bridgehead atoms. The standard InChI is InChI=1S/C27H37N3O2/c1-21(2)24-20-29(17-18-30(24)25(31)19-27(32)13-15-28-16-14-27)26(22-9-5-3-6-10-22)23-11-7-4-8-12-23/h3-12,21,24,26,28,32H,13-20H2,1-2H3/t24-/m1/s1. The Morgan fingerprint density at radius 1 is 1.00 bits per heavy atom. The van der Waals surface area contributed by atoms with E-state index in [9.17, 15) is 9.90 Å². The fraction of sp³-hybridized carbons (Fsp3) is 0.519. The molecule has 1 amide bonds. The van der Waals surface area contributed by atoms with E-state index in [1.54, 1.807) is 0 Å². The van der Waals surface area contributed by atoms with Gasteiger partial charge in [-0.25, -0.2) is 0 Å². The predicted octanol–water partition coefficient (Wildman–Crippen LogP) is 3.45. The number of piperidine rings is 1. The fourth-order valence-corrected chi connectivity index (χ4v) is 5.28. The van der Waals surface area contributed by atoms with Gasteiger partial charge in [0.05, 0.1) is 18.1 Å². The average molecular weight is 436 g/mol. The van der Waals surface area contributed by atoms with Crippen LogP contribution in [0.2, 0.25) is 0 Å². The molecule has 0 radical (unpaired) electrons. The zero-order valence-corrected chi connectivity index (χ0v) is 19.4. The highest BCUT2D eigenvalue weighted by Gasteiger charge is 2.39. The van der Waals surface area contributed by atoms with Gasteiger partial charge in [0.2, 0.25) is 5.91 Å². The molecule has 1 atom stereocenters. The van der Waals surface area contributed by atoms with Crippen LogP contribution in [0.4, 0.5) is 0 Å². The topological polar surface area (TPSA) is 55.8 Å². The first-order valence-corrected chi connectivity index (χ1v) is 12.0. The van der Waals surface area contributed by atoms with Crippen molar-refractivity contribution in [2.24, 2.45) is 5.92 Å². The van der Waals surface area contributed by atoms with Gasteiger partial charge in [-0.3, -0.25) is 9.69 Å². The van der Waals surface area contributed by atoms with Gasteiger partial charge in [-0.05, 0) is 43.0 Å². The number of carbonyl (C=O) groups is 1. The second-order valence-corrected chi connectivity index (χ2v) is 9.77. The van der Waals surface area contributed by atoms with E-state index in [1.807, 2.05) is 4.90 Å². The van der Waals surface area contributed by atoms with E-state index in [-0.39, 0.29) is 24.4 Å². The van der Waals surface area contributed by atoms with E-state index in [2.05, 4.69) is 84.7 Å². The summed E-state index contributed by atoms with van der Waals surface area (Å²) in [5.41, 5.74) is 1.70. The van der Waals surface area contributed by atoms with Crippen LogP contribution in [0.1, 0.15) is 50.3 Å². The summed E-state index contributed by atoms with van der Waals surface area (Å²) in [6.07, 6.45) is 1.53. The minimum atomic E-state index is -0.863. The van der Waals surface area contributed by atoms with E-state index >= 15 is 0 Å². The van der Waals surface area contributed by atoms with Gasteiger partial charge in [-0.2, -0.15) is 0 Å². The van der Waals surface area contributed by atoms with Crippen molar-refractivity contribution in [3.8, 4) is 0 Å². The summed E-state index contributed by atoms with van der Waals surface area (Å²) in [5.74, 6) is 0.445. The van der Waals surface area contributed by atoms with Crippen LogP contribution >= 0.6 is 0 Å². The lowest BCUT2D eigenvalue weighted by molar-refractivity contribution is -0.144. The van der Waals surface area contributed by atoms with Gasteiger partial charge < -0.3 is 15.3 Å². The first kappa shape index (κ1) is 23.0. The van der Waals surface area contributed by atoms with Crippen LogP contribution < -0.4 is 5.32 Å². The molecule has 0 aromatic heterocycles. The molecule has 2 fully saturated rings. The lowest BCUT2D eigenvalue weighted by Gasteiger charge is -2.47. The lowest BCUT2D eigenvalue weighted by atomic mass is 9.87. The maximum Gasteiger partial charge on any atom is 0.225 e. The van der Waals surface area contributed by atoms with Crippen molar-refractivity contribution in [3.63, 3.8) is 0 Å². The molecular weight excluding hydrogens is 398 g/mol. The van der Waals surface area contributed by atoms with Gasteiger partial charge in [0.15, 0.2) is 0 Å². The molecule has 2 N–H and O–H groups in total. The third-order valence-corrected chi connectivity index (χ3v) is 7.15. The number of carbonyl (C=O) groups excluding carboxylic acids is 1. The zero-order chi connectivity index (χ0) is 22.6. The first-order valence-electron chi connectivity index (χ1n) is 12.0. The molecule has 2 saturated heterocycles. The SMILES string of the molecule is CC(C)[C@H]1CN(C(c2ccccc2)c2ccccc2)CCN1C(=O)CC1(O)CCNCC1. The van der Waals surface area contributed by atoms with Gasteiger partial charge in [0.1, 0.15) is 0 Å². The van der Waals surface area contributed by atoms with Crippen molar-refractivity contribution < 1.29 is 9.90 Å². The van der Waals surface area contributed by atoms with E-state index in [0.29, 0.717) is 25.3 Å². The Morgan fingerprint density at radius 2 is 1.56 bits per heavy atom. The number of nitrogens with zero attached hydrogens (tertiary/aromatic N) is 2. The first-order chi connectivity index (χ1) is 15.5. The van der Waals surface area contributed by atoms with Crippen LogP contribution in [-0.4, -0.2) is 65.2 Å². The Morgan fingerprint density at radius 3 is 2.09 bits per heavy atom. The minimum Gasteiger partial charge on any atom is -0.389 e. The Hall–Kier alpha value is -2.21. The third-order valence-electron chi connectivity index (χ3n) is 7.15. The van der Waals surface area contributed by atoms with Crippen molar-refractivity contribution in [2.75, 3.05) is 32.7 Å². The van der Waals surface area contributed by atoms with Gasteiger partial charge in [-0.1, -0.05) is 74.5 Å². The molecule has 2 aromatic carbocycles. The fourth-order valence-electron chi connectivity index (χ4n) is 5.28. The number of benzene rings is 2. The summed E-state index contributed by atoms with van der Waals surface area (Å²) in [7, 11) is 0. The lowest BCUT2D eigenvalue weighted by Crippen LogP contribution is -2.59. The van der Waals surface area contributed by atoms with Crippen molar-refractivity contribution >= 4 is 5.91 Å². The van der Waals surface area contributed by atoms with Crippen molar-refractivity contribution in [1.29, 1.82) is 0 Å². The van der Waals surface area contributed by atoms with Crippen LogP contribution in [-0.2, 0) is 4.79 Å². The molecular formula is C27H37N3O2. The quantitative estimate of drug-likeness (QED) is 0.730. The normalized spacial score (nSPS) is 21.8. The van der Waals surface area contributed by atoms with Crippen LogP contribution in [0.3, 0.4) is 0 Å². The van der Waals surface area contributed by atoms with Crippen molar-refractivity contribution in [3.05, 3.63) is 71.8 Å². The summed E-state index contributed by atoms with van der Waals surface area (Å²) in [6, 6.07) is 21.6. The molecule has 5 nitrogen and oxygen atoms in total. The predicted molar refractivity (Wildman–Crippen MR) is 128 cm³/mol. The summed E-state index contributed by atoms with van der Waals surface area (Å²) in [6.45, 7) is 8.32. The number of hydrogen-bond acceptors (Lipinski definition) is 4. The highest BCUT2D eigenvalue weighted by molar-refractivity contribution is 5.78. The number of piperazine rings is 1. The average Bonchev–Trinajstić information content (AvgIpc) is 2.81. The minimum absolute atomic E-state index is 0.101. The summed E-state index contributed by atoms with van der Waals surface area (Å²) in [4.78, 5) is 17.9. The molecule has 0 aliphatic carbocycles. The maximum atomic E-state index is 13.3. The molecule has 2 aliphatic rings. The largest absolute Gasteiger partial charge is 0.389 e. The summed E-state index contributed by atoms with van der Waals surface area (Å²) >= 11 is 0. The van der Waals surface area contributed by atoms with E-state index in [4.69, 9.17) is 0 Å². The summed E-state index contributed by atoms with van der Waals surface area (Å²) < 4.78 is 0. The highest BCUT2D eigenvalue weighted by Crippen LogP contribution is 2.33. The van der Waals surface area contributed by atoms with Crippen LogP contribution in [0, 0.1) is 5.92 Å². The Kier molecular flexibility index (Phi) is 7.29. The third kappa shape index (κ3) is 5.22. The molecule has 2 heterocycles. The molecule has 2 aliphatic heterocycles. The smallest absolute Gasteiger partial charge is 0.225 e. The number of aliphatic hydroxyl groups is 1. The van der Waals surface area contributed by atoms with E-state index in [1.165, 1.54) is 11.1 Å². The van der Waals surface area contributed by atoms with Crippen LogP contribution in [0.25, 0.3) is 0 Å². The van der Waals surface area contributed by atoms with E-state index in [0.717, 1.165) is 26.2 Å². The highest BCUT2D eigenvalue weighted by atomic mass is 16.3. The maximum absolute atomic E-state index is 13.3. The Balaban J connectivity index is 1.54. The van der Waals surface area contributed by atoms with Gasteiger partial charge in [-0.15, -0.1) is 0 Å². The molecule has 0 unspecified atom stereocenters. The summed E-state index contributed by atoms with van der Waals surface area (Å²) in [5, 5.41) is 14.2. The van der Waals surface area contributed by atoms with Crippen LogP contribution in [0.5, 0.6) is 0 Å². The van der Waals surface area contributed by atoms with Crippen LogP contribution in [0.15, 0.2) is 60.7 Å². The van der Waals surface area contributed by atoms with Crippen molar-refractivity contribution in [2.45, 2.75) is 50.8 Å². The number of nitrogens with one attached hydrogen (secondary N) is 1. The number of rotatable bonds is 6. The van der Waals surface area contributed by atoms with Crippen molar-refractivity contribution in [1.82, 2.24) is 15.1 Å². The monoisotopic (exact) mass is 435 g/mol. The molecule has 2 aromatic rings. The number of hydrogen-bond donors (Lipinski definition) is 2. The van der Waals surface area contributed by atoms with Gasteiger partial charge >= 0.3 is 0 Å². The molecule has 0 spiro atoms. The molecule has 0 saturated carbocycles. The van der Waals surface area contributed by atoms with Gasteiger partial charge in [0, 0.05) is 25.7 Å². The Labute approximate surface area is 192 Å².